The molecule has 0 bridgehead atoms. The lowest BCUT2D eigenvalue weighted by Gasteiger charge is -2.45. The zero-order valence-corrected chi connectivity index (χ0v) is 18.0. The smallest absolute Gasteiger partial charge is 0.343 e. The maximum Gasteiger partial charge on any atom is 0.343 e. The highest BCUT2D eigenvalue weighted by atomic mass is 16.6. The molecule has 1 aliphatic carbocycles. The topological polar surface area (TPSA) is 61.8 Å². The number of hydrogen-bond acceptors (Lipinski definition) is 5. The van der Waals surface area contributed by atoms with Crippen LogP contribution in [0.1, 0.15) is 69.5 Å². The number of benzene rings is 1. The molecule has 0 spiro atoms. The Morgan fingerprint density at radius 2 is 1.79 bits per heavy atom. The van der Waals surface area contributed by atoms with E-state index in [1.54, 1.807) is 6.07 Å². The Balaban J connectivity index is 2.00. The molecular weight excluding hydrogens is 356 g/mol. The van der Waals surface area contributed by atoms with Gasteiger partial charge in [-0.3, -0.25) is 4.79 Å². The lowest BCUT2D eigenvalue weighted by molar-refractivity contribution is -0.136. The number of fused-ring (bicyclic) bond motifs is 1. The van der Waals surface area contributed by atoms with Crippen molar-refractivity contribution in [1.82, 2.24) is 0 Å². The summed E-state index contributed by atoms with van der Waals surface area (Å²) in [5, 5.41) is 0. The van der Waals surface area contributed by atoms with Crippen molar-refractivity contribution >= 4 is 11.8 Å². The van der Waals surface area contributed by atoms with E-state index in [1.807, 2.05) is 13.0 Å². The number of hydrogen-bond donors (Lipinski definition) is 0. The second-order valence-corrected chi connectivity index (χ2v) is 9.15. The third-order valence-corrected chi connectivity index (χ3v) is 7.26. The summed E-state index contributed by atoms with van der Waals surface area (Å²) in [7, 11) is 3.04. The number of ether oxygens (including phenoxy) is 3. The fourth-order valence-corrected chi connectivity index (χ4v) is 4.71. The molecule has 0 N–H and O–H groups in total. The number of carbonyl (C=O) groups is 2. The lowest BCUT2D eigenvalue weighted by atomic mass is 9.60. The quantitative estimate of drug-likeness (QED) is 0.676. The Morgan fingerprint density at radius 1 is 1.11 bits per heavy atom. The van der Waals surface area contributed by atoms with Crippen LogP contribution in [0.4, 0.5) is 0 Å². The molecule has 1 fully saturated rings. The Morgan fingerprint density at radius 3 is 2.36 bits per heavy atom. The molecule has 0 aromatic heterocycles. The molecule has 1 aromatic carbocycles. The highest BCUT2D eigenvalue weighted by molar-refractivity contribution is 5.99. The summed E-state index contributed by atoms with van der Waals surface area (Å²) in [6.07, 6.45) is 1.07. The van der Waals surface area contributed by atoms with Crippen molar-refractivity contribution in [2.45, 2.75) is 53.6 Å². The first-order valence-electron chi connectivity index (χ1n) is 10.1. The van der Waals surface area contributed by atoms with E-state index in [0.29, 0.717) is 28.9 Å². The Kier molecular flexibility index (Phi) is 5.48. The van der Waals surface area contributed by atoms with E-state index in [9.17, 15) is 9.59 Å². The number of ketones is 1. The predicted molar refractivity (Wildman–Crippen MR) is 107 cm³/mol. The first-order valence-corrected chi connectivity index (χ1v) is 10.1. The predicted octanol–water partition coefficient (Wildman–Crippen LogP) is 4.83. The molecule has 1 aliphatic heterocycles. The van der Waals surface area contributed by atoms with Crippen LogP contribution in [-0.4, -0.2) is 26.0 Å². The van der Waals surface area contributed by atoms with Crippen molar-refractivity contribution in [2.75, 3.05) is 14.2 Å². The molecule has 1 aromatic rings. The largest absolute Gasteiger partial charge is 0.493 e. The second kappa shape index (κ2) is 7.41. The third kappa shape index (κ3) is 3.19. The lowest BCUT2D eigenvalue weighted by Crippen LogP contribution is -2.42. The zero-order chi connectivity index (χ0) is 20.8. The van der Waals surface area contributed by atoms with Gasteiger partial charge in [0.15, 0.2) is 11.5 Å². The maximum absolute atomic E-state index is 13.1. The van der Waals surface area contributed by atoms with Gasteiger partial charge in [-0.05, 0) is 36.2 Å². The summed E-state index contributed by atoms with van der Waals surface area (Å²) >= 11 is 0. The van der Waals surface area contributed by atoms with E-state index in [1.165, 1.54) is 14.2 Å². The SMILES string of the molecule is COc1ccc2c(c1OC)C(=O)OC2C1CC(C(C)(C)C(C)C)CC(C)C1=O. The molecule has 3 rings (SSSR count). The van der Waals surface area contributed by atoms with E-state index in [4.69, 9.17) is 14.2 Å². The van der Waals surface area contributed by atoms with Crippen LogP contribution in [0.5, 0.6) is 11.5 Å². The van der Waals surface area contributed by atoms with Gasteiger partial charge in [0.1, 0.15) is 17.5 Å². The molecule has 4 atom stereocenters. The molecule has 0 saturated heterocycles. The van der Waals surface area contributed by atoms with Crippen LogP contribution in [0.15, 0.2) is 12.1 Å². The molecule has 2 aliphatic rings. The van der Waals surface area contributed by atoms with Gasteiger partial charge in [-0.25, -0.2) is 4.79 Å². The van der Waals surface area contributed by atoms with Crippen molar-refractivity contribution in [1.29, 1.82) is 0 Å². The average molecular weight is 389 g/mol. The summed E-state index contributed by atoms with van der Waals surface area (Å²) in [4.78, 5) is 25.8. The molecular formula is C23H32O5. The van der Waals surface area contributed by atoms with Crippen LogP contribution in [-0.2, 0) is 9.53 Å². The summed E-state index contributed by atoms with van der Waals surface area (Å²) in [5.74, 6) is 1.15. The minimum Gasteiger partial charge on any atom is -0.493 e. The molecule has 28 heavy (non-hydrogen) atoms. The first-order chi connectivity index (χ1) is 13.1. The van der Waals surface area contributed by atoms with Gasteiger partial charge in [0.05, 0.1) is 20.1 Å². The Labute approximate surface area is 167 Å². The summed E-state index contributed by atoms with van der Waals surface area (Å²) in [5.41, 5.74) is 1.23. The normalized spacial score (nSPS) is 27.6. The van der Waals surface area contributed by atoms with Crippen LogP contribution < -0.4 is 9.47 Å². The number of Topliss-reactive ketones (excluding diaryl/α,β-unsaturated/α-hetero) is 1. The van der Waals surface area contributed by atoms with E-state index < -0.39 is 12.1 Å². The molecule has 5 heteroatoms. The van der Waals surface area contributed by atoms with Crippen molar-refractivity contribution in [3.8, 4) is 11.5 Å². The van der Waals surface area contributed by atoms with Crippen molar-refractivity contribution in [3.63, 3.8) is 0 Å². The standard InChI is InChI=1S/C23H32O5/c1-12(2)23(4,5)14-10-13(3)19(24)16(11-14)20-15-8-9-17(26-6)21(27-7)18(15)22(25)28-20/h8-9,12-14,16,20H,10-11H2,1-7H3. The number of rotatable bonds is 5. The van der Waals surface area contributed by atoms with Crippen molar-refractivity contribution in [2.24, 2.45) is 29.1 Å². The minimum absolute atomic E-state index is 0.0373. The summed E-state index contributed by atoms with van der Waals surface area (Å²) in [6.45, 7) is 11.0. The minimum atomic E-state index is -0.553. The molecule has 154 valence electrons. The summed E-state index contributed by atoms with van der Waals surface area (Å²) < 4.78 is 16.5. The number of cyclic esters (lactones) is 1. The van der Waals surface area contributed by atoms with E-state index >= 15 is 0 Å². The highest BCUT2D eigenvalue weighted by Crippen LogP contribution is 2.52. The van der Waals surface area contributed by atoms with Gasteiger partial charge >= 0.3 is 5.97 Å². The van der Waals surface area contributed by atoms with E-state index in [2.05, 4.69) is 27.7 Å². The van der Waals surface area contributed by atoms with Crippen LogP contribution in [0.2, 0.25) is 0 Å². The van der Waals surface area contributed by atoms with E-state index in [-0.39, 0.29) is 23.0 Å². The number of esters is 1. The molecule has 5 nitrogen and oxygen atoms in total. The molecule has 1 saturated carbocycles. The fraction of sp³-hybridized carbons (Fsp3) is 0.652. The zero-order valence-electron chi connectivity index (χ0n) is 18.0. The first kappa shape index (κ1) is 20.7. The van der Waals surface area contributed by atoms with Gasteiger partial charge < -0.3 is 14.2 Å². The van der Waals surface area contributed by atoms with Crippen LogP contribution >= 0.6 is 0 Å². The maximum atomic E-state index is 13.1. The van der Waals surface area contributed by atoms with E-state index in [0.717, 1.165) is 18.4 Å². The average Bonchev–Trinajstić information content (AvgIpc) is 2.99. The molecule has 4 unspecified atom stereocenters. The van der Waals surface area contributed by atoms with Gasteiger partial charge in [-0.1, -0.05) is 40.7 Å². The third-order valence-electron chi connectivity index (χ3n) is 7.26. The Hall–Kier alpha value is -2.04. The molecule has 0 amide bonds. The Bertz CT molecular complexity index is 779. The van der Waals surface area contributed by atoms with Gasteiger partial charge in [0, 0.05) is 11.5 Å². The fourth-order valence-electron chi connectivity index (χ4n) is 4.71. The van der Waals surface area contributed by atoms with Gasteiger partial charge in [-0.2, -0.15) is 0 Å². The van der Waals surface area contributed by atoms with Gasteiger partial charge in [0.25, 0.3) is 0 Å². The number of carbonyl (C=O) groups excluding carboxylic acids is 2. The molecule has 1 heterocycles. The van der Waals surface area contributed by atoms with Gasteiger partial charge in [-0.15, -0.1) is 0 Å². The summed E-state index contributed by atoms with van der Waals surface area (Å²) in [6, 6.07) is 3.61. The monoisotopic (exact) mass is 388 g/mol. The van der Waals surface area contributed by atoms with Crippen molar-refractivity contribution in [3.05, 3.63) is 23.3 Å². The van der Waals surface area contributed by atoms with Crippen LogP contribution in [0.3, 0.4) is 0 Å². The highest BCUT2D eigenvalue weighted by Gasteiger charge is 2.49. The molecule has 0 radical (unpaired) electrons. The van der Waals surface area contributed by atoms with Gasteiger partial charge in [0.2, 0.25) is 0 Å². The van der Waals surface area contributed by atoms with Crippen molar-refractivity contribution < 1.29 is 23.8 Å². The number of methoxy groups -OCH3 is 2. The van der Waals surface area contributed by atoms with Crippen LogP contribution in [0.25, 0.3) is 0 Å². The second-order valence-electron chi connectivity index (χ2n) is 9.15. The van der Waals surface area contributed by atoms with Crippen LogP contribution in [0, 0.1) is 29.1 Å².